The van der Waals surface area contributed by atoms with Crippen LogP contribution in [0.25, 0.3) is 10.9 Å². The quantitative estimate of drug-likeness (QED) is 0.485. The molecule has 0 radical (unpaired) electrons. The molecule has 0 aliphatic heterocycles. The van der Waals surface area contributed by atoms with E-state index in [-0.39, 0.29) is 39.8 Å². The Hall–Kier alpha value is -4.20. The molecule has 8 heteroatoms. The lowest BCUT2D eigenvalue weighted by molar-refractivity contribution is -0.116. The number of nitrogens with zero attached hydrogens (tertiary/aromatic N) is 2. The van der Waals surface area contributed by atoms with Crippen molar-refractivity contribution in [2.45, 2.75) is 13.5 Å². The third kappa shape index (κ3) is 4.15. The van der Waals surface area contributed by atoms with Gasteiger partial charge in [-0.05, 0) is 55.0 Å². The fourth-order valence-electron chi connectivity index (χ4n) is 3.39. The van der Waals surface area contributed by atoms with E-state index in [1.165, 1.54) is 66.5 Å². The average Bonchev–Trinajstić information content (AvgIpc) is 2.77. The fourth-order valence-corrected chi connectivity index (χ4v) is 3.39. The number of ketones is 1. The summed E-state index contributed by atoms with van der Waals surface area (Å²) in [6.45, 7) is 1.18. The summed E-state index contributed by atoms with van der Waals surface area (Å²) in [5.41, 5.74) is 0.180. The maximum Gasteiger partial charge on any atom is 0.244 e. The van der Waals surface area contributed by atoms with Crippen LogP contribution in [0.5, 0.6) is 0 Å². The first-order valence-corrected chi connectivity index (χ1v) is 9.67. The second-order valence-electron chi connectivity index (χ2n) is 7.24. The first kappa shape index (κ1) is 21.0. The van der Waals surface area contributed by atoms with Crippen LogP contribution in [-0.4, -0.2) is 21.2 Å². The smallest absolute Gasteiger partial charge is 0.244 e. The third-order valence-electron chi connectivity index (χ3n) is 4.97. The van der Waals surface area contributed by atoms with Gasteiger partial charge in [-0.25, -0.2) is 8.78 Å². The molecule has 4 rings (SSSR count). The minimum absolute atomic E-state index is 0.113. The van der Waals surface area contributed by atoms with Crippen molar-refractivity contribution < 1.29 is 18.4 Å². The number of anilines is 1. The molecular formula is C24H17F2N3O3. The molecule has 1 N–H and O–H groups in total. The summed E-state index contributed by atoms with van der Waals surface area (Å²) < 4.78 is 29.0. The number of benzene rings is 2. The largest absolute Gasteiger partial charge is 0.337 e. The molecule has 0 unspecified atom stereocenters. The van der Waals surface area contributed by atoms with Crippen LogP contribution in [0, 0.1) is 18.6 Å². The van der Waals surface area contributed by atoms with Gasteiger partial charge in [0.15, 0.2) is 5.78 Å². The Bertz CT molecular complexity index is 1420. The van der Waals surface area contributed by atoms with Crippen molar-refractivity contribution in [1.82, 2.24) is 9.55 Å². The number of carbonyl (C=O) groups excluding carboxylic acids is 2. The lowest BCUT2D eigenvalue weighted by atomic mass is 10.0. The molecule has 0 aliphatic carbocycles. The average molecular weight is 433 g/mol. The van der Waals surface area contributed by atoms with Gasteiger partial charge in [0.1, 0.15) is 18.2 Å². The molecule has 160 valence electrons. The van der Waals surface area contributed by atoms with E-state index in [1.807, 2.05) is 0 Å². The van der Waals surface area contributed by atoms with Crippen LogP contribution < -0.4 is 10.7 Å². The fraction of sp³-hybridized carbons (Fsp3) is 0.0833. The number of hydrogen-bond donors (Lipinski definition) is 1. The van der Waals surface area contributed by atoms with Gasteiger partial charge in [-0.3, -0.25) is 19.4 Å². The maximum absolute atomic E-state index is 14.3. The van der Waals surface area contributed by atoms with Crippen LogP contribution in [0.3, 0.4) is 0 Å². The monoisotopic (exact) mass is 433 g/mol. The molecule has 2 heterocycles. The van der Waals surface area contributed by atoms with E-state index in [4.69, 9.17) is 0 Å². The molecule has 0 aliphatic rings. The molecule has 1 amide bonds. The lowest BCUT2D eigenvalue weighted by Crippen LogP contribution is -2.24. The van der Waals surface area contributed by atoms with E-state index in [0.717, 1.165) is 12.1 Å². The van der Waals surface area contributed by atoms with Crippen molar-refractivity contribution in [1.29, 1.82) is 0 Å². The first-order valence-electron chi connectivity index (χ1n) is 9.67. The van der Waals surface area contributed by atoms with Crippen LogP contribution in [-0.2, 0) is 11.3 Å². The first-order chi connectivity index (χ1) is 15.3. The molecule has 0 atom stereocenters. The number of aromatic nitrogens is 2. The summed E-state index contributed by atoms with van der Waals surface area (Å²) in [5.74, 6) is -2.15. The van der Waals surface area contributed by atoms with Crippen LogP contribution in [0.15, 0.2) is 71.9 Å². The van der Waals surface area contributed by atoms with Gasteiger partial charge in [-0.1, -0.05) is 6.07 Å². The molecule has 0 saturated heterocycles. The Kier molecular flexibility index (Phi) is 5.59. The number of fused-ring (bicyclic) bond motifs is 1. The molecule has 6 nitrogen and oxygen atoms in total. The van der Waals surface area contributed by atoms with Crippen molar-refractivity contribution in [2.24, 2.45) is 0 Å². The van der Waals surface area contributed by atoms with E-state index >= 15 is 0 Å². The standard InChI is InChI=1S/C24H17F2N3O3/c1-14-9-18-21(11-20(14)26)29(13-22(30)28-17-4-2-3-16(25)10-17)12-19(24(18)32)23(31)15-5-7-27-8-6-15/h2-12H,13H2,1H3,(H,28,30). The number of nitrogens with one attached hydrogen (secondary N) is 1. The normalized spacial score (nSPS) is 10.8. The molecular weight excluding hydrogens is 416 g/mol. The Morgan fingerprint density at radius 1 is 1.06 bits per heavy atom. The Balaban J connectivity index is 1.80. The second kappa shape index (κ2) is 8.50. The summed E-state index contributed by atoms with van der Waals surface area (Å²) in [4.78, 5) is 42.5. The molecule has 4 aromatic rings. The minimum Gasteiger partial charge on any atom is -0.337 e. The molecule has 2 aromatic heterocycles. The predicted molar refractivity (Wildman–Crippen MR) is 116 cm³/mol. The number of halogens is 2. The minimum atomic E-state index is -0.563. The van der Waals surface area contributed by atoms with Crippen LogP contribution >= 0.6 is 0 Å². The Labute approximate surface area is 181 Å². The highest BCUT2D eigenvalue weighted by atomic mass is 19.1. The third-order valence-corrected chi connectivity index (χ3v) is 4.97. The Morgan fingerprint density at radius 3 is 2.53 bits per heavy atom. The van der Waals surface area contributed by atoms with Crippen LogP contribution in [0.2, 0.25) is 0 Å². The SMILES string of the molecule is Cc1cc2c(=O)c(C(=O)c3ccncc3)cn(CC(=O)Nc3cccc(F)c3)c2cc1F. The van der Waals surface area contributed by atoms with Crippen molar-refractivity contribution >= 4 is 28.3 Å². The van der Waals surface area contributed by atoms with Gasteiger partial charge in [0, 0.05) is 35.2 Å². The van der Waals surface area contributed by atoms with E-state index in [9.17, 15) is 23.2 Å². The zero-order chi connectivity index (χ0) is 22.8. The number of pyridine rings is 2. The number of aryl methyl sites for hydroxylation is 1. The highest BCUT2D eigenvalue weighted by Crippen LogP contribution is 2.19. The zero-order valence-corrected chi connectivity index (χ0v) is 16.9. The number of rotatable bonds is 5. The highest BCUT2D eigenvalue weighted by Gasteiger charge is 2.19. The predicted octanol–water partition coefficient (Wildman–Crippen LogP) is 3.85. The van der Waals surface area contributed by atoms with Crippen molar-refractivity contribution in [3.8, 4) is 0 Å². The van der Waals surface area contributed by atoms with Crippen molar-refractivity contribution in [3.05, 3.63) is 106 Å². The topological polar surface area (TPSA) is 81.1 Å². The maximum atomic E-state index is 14.3. The molecule has 32 heavy (non-hydrogen) atoms. The van der Waals surface area contributed by atoms with Crippen LogP contribution in [0.1, 0.15) is 21.5 Å². The van der Waals surface area contributed by atoms with Crippen LogP contribution in [0.4, 0.5) is 14.5 Å². The van der Waals surface area contributed by atoms with Gasteiger partial charge < -0.3 is 9.88 Å². The van der Waals surface area contributed by atoms with Gasteiger partial charge in [-0.2, -0.15) is 0 Å². The molecule has 2 aromatic carbocycles. The zero-order valence-electron chi connectivity index (χ0n) is 16.9. The Morgan fingerprint density at radius 2 is 1.81 bits per heavy atom. The van der Waals surface area contributed by atoms with Gasteiger partial charge >= 0.3 is 0 Å². The summed E-state index contributed by atoms with van der Waals surface area (Å²) in [6.07, 6.45) is 4.10. The molecule has 0 fully saturated rings. The van der Waals surface area contributed by atoms with E-state index in [1.54, 1.807) is 0 Å². The summed E-state index contributed by atoms with van der Waals surface area (Å²) >= 11 is 0. The lowest BCUT2D eigenvalue weighted by Gasteiger charge is -2.14. The van der Waals surface area contributed by atoms with Gasteiger partial charge in [0.05, 0.1) is 11.1 Å². The van der Waals surface area contributed by atoms with Crippen molar-refractivity contribution in [2.75, 3.05) is 5.32 Å². The molecule has 0 bridgehead atoms. The van der Waals surface area contributed by atoms with Gasteiger partial charge in [0.2, 0.25) is 11.3 Å². The summed E-state index contributed by atoms with van der Waals surface area (Å²) in [7, 11) is 0. The van der Waals surface area contributed by atoms with Gasteiger partial charge in [0.25, 0.3) is 0 Å². The van der Waals surface area contributed by atoms with Gasteiger partial charge in [-0.15, -0.1) is 0 Å². The molecule has 0 spiro atoms. The highest BCUT2D eigenvalue weighted by molar-refractivity contribution is 6.10. The molecule has 0 saturated carbocycles. The van der Waals surface area contributed by atoms with Crippen molar-refractivity contribution in [3.63, 3.8) is 0 Å². The van der Waals surface area contributed by atoms with E-state index in [2.05, 4.69) is 10.3 Å². The number of carbonyl (C=O) groups is 2. The number of amides is 1. The van der Waals surface area contributed by atoms with E-state index < -0.39 is 28.8 Å². The number of hydrogen-bond acceptors (Lipinski definition) is 4. The second-order valence-corrected chi connectivity index (χ2v) is 7.24. The summed E-state index contributed by atoms with van der Waals surface area (Å²) in [5, 5.41) is 2.67. The summed E-state index contributed by atoms with van der Waals surface area (Å²) in [6, 6.07) is 10.8. The van der Waals surface area contributed by atoms with E-state index in [0.29, 0.717) is 0 Å².